The van der Waals surface area contributed by atoms with E-state index in [1.54, 1.807) is 6.08 Å². The maximum Gasteiger partial charge on any atom is 0.263 e. The second-order valence-electron chi connectivity index (χ2n) is 4.41. The van der Waals surface area contributed by atoms with Gasteiger partial charge in [-0.2, -0.15) is 0 Å². The minimum atomic E-state index is -0.141. The molecule has 2 fully saturated rings. The van der Waals surface area contributed by atoms with Gasteiger partial charge in [-0.05, 0) is 24.5 Å². The van der Waals surface area contributed by atoms with Crippen molar-refractivity contribution in [1.82, 2.24) is 5.32 Å². The molecule has 2 aliphatic rings. The van der Waals surface area contributed by atoms with Gasteiger partial charge in [-0.3, -0.25) is 4.79 Å². The number of carbonyl (C=O) groups is 1. The second kappa shape index (κ2) is 3.99. The molecule has 0 radical (unpaired) electrons. The zero-order valence-electron chi connectivity index (χ0n) is 9.23. The van der Waals surface area contributed by atoms with Crippen LogP contribution in [-0.4, -0.2) is 10.2 Å². The minimum Gasteiger partial charge on any atom is -0.461 e. The van der Waals surface area contributed by atoms with Crippen LogP contribution in [0.4, 0.5) is 0 Å². The Kier molecular flexibility index (Phi) is 2.60. The molecule has 1 saturated carbocycles. The average molecular weight is 265 g/mol. The lowest BCUT2D eigenvalue weighted by Gasteiger charge is -1.92. The Morgan fingerprint density at radius 2 is 2.35 bits per heavy atom. The summed E-state index contributed by atoms with van der Waals surface area (Å²) in [7, 11) is 0. The lowest BCUT2D eigenvalue weighted by Crippen LogP contribution is -2.17. The molecule has 0 spiro atoms. The Balaban J connectivity index is 1.81. The van der Waals surface area contributed by atoms with Crippen molar-refractivity contribution in [1.29, 1.82) is 0 Å². The van der Waals surface area contributed by atoms with Gasteiger partial charge in [0.1, 0.15) is 15.8 Å². The van der Waals surface area contributed by atoms with Crippen LogP contribution in [0.2, 0.25) is 0 Å². The van der Waals surface area contributed by atoms with Crippen molar-refractivity contribution in [2.45, 2.75) is 19.3 Å². The van der Waals surface area contributed by atoms with Crippen LogP contribution in [0.1, 0.15) is 30.8 Å². The molecule has 1 aromatic heterocycles. The van der Waals surface area contributed by atoms with Crippen molar-refractivity contribution >= 4 is 40.3 Å². The summed E-state index contributed by atoms with van der Waals surface area (Å²) in [5.74, 6) is 2.89. The summed E-state index contributed by atoms with van der Waals surface area (Å²) in [5.41, 5.74) is 0. The fraction of sp³-hybridized carbons (Fsp3) is 0.333. The second-order valence-corrected chi connectivity index (χ2v) is 6.13. The summed E-state index contributed by atoms with van der Waals surface area (Å²) in [6.45, 7) is 2.21. The Bertz CT molecular complexity index is 532. The first-order chi connectivity index (χ1) is 8.13. The van der Waals surface area contributed by atoms with E-state index in [2.05, 4.69) is 12.2 Å². The first-order valence-corrected chi connectivity index (χ1v) is 6.70. The van der Waals surface area contributed by atoms with E-state index >= 15 is 0 Å². The zero-order chi connectivity index (χ0) is 12.0. The Morgan fingerprint density at radius 3 is 2.94 bits per heavy atom. The molecule has 1 aromatic rings. The van der Waals surface area contributed by atoms with E-state index in [1.165, 1.54) is 18.2 Å². The lowest BCUT2D eigenvalue weighted by molar-refractivity contribution is -0.115. The van der Waals surface area contributed by atoms with Crippen molar-refractivity contribution in [3.8, 4) is 0 Å². The maximum absolute atomic E-state index is 11.5. The molecular weight excluding hydrogens is 254 g/mol. The maximum atomic E-state index is 11.5. The molecular formula is C12H11NO2S2. The van der Waals surface area contributed by atoms with Crippen molar-refractivity contribution < 1.29 is 9.21 Å². The number of thioether (sulfide) groups is 1. The van der Waals surface area contributed by atoms with Gasteiger partial charge in [0.2, 0.25) is 0 Å². The molecule has 1 amide bonds. The van der Waals surface area contributed by atoms with Crippen molar-refractivity contribution in [2.75, 3.05) is 0 Å². The van der Waals surface area contributed by atoms with Gasteiger partial charge in [-0.15, -0.1) is 0 Å². The van der Waals surface area contributed by atoms with Crippen LogP contribution >= 0.6 is 24.0 Å². The van der Waals surface area contributed by atoms with Gasteiger partial charge in [-0.25, -0.2) is 0 Å². The normalized spacial score (nSPS) is 29.8. The summed E-state index contributed by atoms with van der Waals surface area (Å²) in [5, 5.41) is 2.58. The molecule has 0 unspecified atom stereocenters. The quantitative estimate of drug-likeness (QED) is 0.659. The summed E-state index contributed by atoms with van der Waals surface area (Å²) >= 11 is 6.20. The molecule has 17 heavy (non-hydrogen) atoms. The predicted molar refractivity (Wildman–Crippen MR) is 71.5 cm³/mol. The molecule has 3 nitrogen and oxygen atoms in total. The monoisotopic (exact) mass is 265 g/mol. The molecule has 3 rings (SSSR count). The number of rotatable bonds is 2. The van der Waals surface area contributed by atoms with Gasteiger partial charge in [0.25, 0.3) is 5.91 Å². The summed E-state index contributed by atoms with van der Waals surface area (Å²) in [6, 6.07) is 3.90. The SMILES string of the molecule is C[C@@H]1C[C@H]1c1ccc(/C=C2\SC(=S)NC2=O)o1. The fourth-order valence-electron chi connectivity index (χ4n) is 1.91. The van der Waals surface area contributed by atoms with Crippen LogP contribution < -0.4 is 5.32 Å². The molecule has 5 heteroatoms. The van der Waals surface area contributed by atoms with Gasteiger partial charge in [0.15, 0.2) is 0 Å². The largest absolute Gasteiger partial charge is 0.461 e. The van der Waals surface area contributed by atoms with Crippen molar-refractivity contribution in [2.24, 2.45) is 5.92 Å². The topological polar surface area (TPSA) is 42.2 Å². The van der Waals surface area contributed by atoms with Gasteiger partial charge in [0.05, 0.1) is 4.91 Å². The van der Waals surface area contributed by atoms with E-state index in [4.69, 9.17) is 16.6 Å². The highest BCUT2D eigenvalue weighted by Gasteiger charge is 2.36. The number of thiocarbonyl (C=S) groups is 1. The predicted octanol–water partition coefficient (Wildman–Crippen LogP) is 2.89. The Labute approximate surface area is 109 Å². The number of hydrogen-bond donors (Lipinski definition) is 1. The number of amides is 1. The fourth-order valence-corrected chi connectivity index (χ4v) is 2.94. The number of carbonyl (C=O) groups excluding carboxylic acids is 1. The first-order valence-electron chi connectivity index (χ1n) is 5.48. The van der Waals surface area contributed by atoms with Gasteiger partial charge < -0.3 is 9.73 Å². The molecule has 88 valence electrons. The lowest BCUT2D eigenvalue weighted by atomic mass is 10.3. The van der Waals surface area contributed by atoms with Crippen LogP contribution in [0.25, 0.3) is 6.08 Å². The Hall–Kier alpha value is -1.07. The van der Waals surface area contributed by atoms with Crippen molar-refractivity contribution in [3.63, 3.8) is 0 Å². The van der Waals surface area contributed by atoms with Crippen LogP contribution in [0.15, 0.2) is 21.5 Å². The van der Waals surface area contributed by atoms with E-state index in [1.807, 2.05) is 12.1 Å². The van der Waals surface area contributed by atoms with E-state index in [-0.39, 0.29) is 5.91 Å². The van der Waals surface area contributed by atoms with E-state index in [0.717, 1.165) is 17.4 Å². The molecule has 2 heterocycles. The van der Waals surface area contributed by atoms with Crippen LogP contribution in [0.5, 0.6) is 0 Å². The third kappa shape index (κ3) is 2.17. The number of hydrogen-bond acceptors (Lipinski definition) is 4. The smallest absolute Gasteiger partial charge is 0.263 e. The molecule has 1 N–H and O–H groups in total. The third-order valence-electron chi connectivity index (χ3n) is 3.04. The van der Waals surface area contributed by atoms with Gasteiger partial charge >= 0.3 is 0 Å². The highest BCUT2D eigenvalue weighted by Crippen LogP contribution is 2.47. The van der Waals surface area contributed by atoms with Gasteiger partial charge in [-0.1, -0.05) is 30.9 Å². The standard InChI is InChI=1S/C12H11NO2S2/c1-6-4-8(6)9-3-2-7(15-9)5-10-11(14)13-12(16)17-10/h2-3,5-6,8H,4H2,1H3,(H,13,14,16)/b10-5-/t6-,8-/m1/s1. The third-order valence-corrected chi connectivity index (χ3v) is 4.20. The first kappa shape index (κ1) is 11.0. The minimum absolute atomic E-state index is 0.141. The van der Waals surface area contributed by atoms with E-state index in [0.29, 0.717) is 15.1 Å². The summed E-state index contributed by atoms with van der Waals surface area (Å²) in [6.07, 6.45) is 2.94. The molecule has 1 aliphatic heterocycles. The molecule has 0 bridgehead atoms. The van der Waals surface area contributed by atoms with Crippen molar-refractivity contribution in [3.05, 3.63) is 28.6 Å². The van der Waals surface area contributed by atoms with E-state index < -0.39 is 0 Å². The molecule has 1 aliphatic carbocycles. The van der Waals surface area contributed by atoms with Gasteiger partial charge in [0, 0.05) is 12.0 Å². The highest BCUT2D eigenvalue weighted by atomic mass is 32.2. The highest BCUT2D eigenvalue weighted by molar-refractivity contribution is 8.26. The number of nitrogens with one attached hydrogen (secondary N) is 1. The number of furan rings is 1. The van der Waals surface area contributed by atoms with Crippen LogP contribution in [-0.2, 0) is 4.79 Å². The molecule has 0 aromatic carbocycles. The Morgan fingerprint density at radius 1 is 1.59 bits per heavy atom. The molecule has 1 saturated heterocycles. The average Bonchev–Trinajstić information content (AvgIpc) is 2.71. The van der Waals surface area contributed by atoms with E-state index in [9.17, 15) is 4.79 Å². The molecule has 2 atom stereocenters. The zero-order valence-corrected chi connectivity index (χ0v) is 10.9. The van der Waals surface area contributed by atoms with Crippen LogP contribution in [0.3, 0.4) is 0 Å². The summed E-state index contributed by atoms with van der Waals surface area (Å²) < 4.78 is 6.21. The van der Waals surface area contributed by atoms with Crippen LogP contribution in [0, 0.1) is 5.92 Å². The summed E-state index contributed by atoms with van der Waals surface area (Å²) in [4.78, 5) is 12.1.